The number of aliphatic hydroxyl groups is 1. The molecule has 1 amide bonds. The minimum atomic E-state index is -0.260. The van der Waals surface area contributed by atoms with E-state index in [2.05, 4.69) is 10.3 Å². The number of aryl methyl sites for hydroxylation is 1. The smallest absolute Gasteiger partial charge is 0.326 e. The van der Waals surface area contributed by atoms with Crippen molar-refractivity contribution in [3.05, 3.63) is 57.1 Å². The molecule has 0 aliphatic heterocycles. The van der Waals surface area contributed by atoms with E-state index in [1.807, 2.05) is 41.8 Å². The molecular weight excluding hydrogens is 350 g/mol. The normalized spacial score (nSPS) is 20.7. The topological polar surface area (TPSA) is 87.1 Å². The monoisotopic (exact) mass is 371 g/mol. The van der Waals surface area contributed by atoms with E-state index in [0.29, 0.717) is 19.4 Å². The Morgan fingerprint density at radius 3 is 2.85 bits per heavy atom. The summed E-state index contributed by atoms with van der Waals surface area (Å²) in [5.74, 6) is 0.186. The van der Waals surface area contributed by atoms with Gasteiger partial charge in [-0.15, -0.1) is 11.3 Å². The number of thiophene rings is 1. The van der Waals surface area contributed by atoms with Gasteiger partial charge in [-0.3, -0.25) is 9.36 Å². The lowest BCUT2D eigenvalue weighted by Crippen LogP contribution is -2.41. The number of carbonyl (C=O) groups excluding carboxylic acids is 1. The zero-order chi connectivity index (χ0) is 18.1. The Balaban J connectivity index is 1.44. The molecule has 0 saturated heterocycles. The number of amides is 1. The summed E-state index contributed by atoms with van der Waals surface area (Å²) in [6.45, 7) is 0.332. The second-order valence-corrected chi connectivity index (χ2v) is 7.77. The highest BCUT2D eigenvalue weighted by atomic mass is 32.1. The van der Waals surface area contributed by atoms with Gasteiger partial charge in [-0.2, -0.15) is 0 Å². The number of nitrogens with one attached hydrogen (secondary N) is 2. The molecule has 2 heterocycles. The second kappa shape index (κ2) is 7.09. The molecule has 2 aromatic heterocycles. The Hall–Kier alpha value is -2.38. The van der Waals surface area contributed by atoms with Crippen molar-refractivity contribution in [3.8, 4) is 0 Å². The van der Waals surface area contributed by atoms with Gasteiger partial charge in [0, 0.05) is 17.8 Å². The predicted octanol–water partition coefficient (Wildman–Crippen LogP) is 2.41. The van der Waals surface area contributed by atoms with Gasteiger partial charge in [0.15, 0.2) is 0 Å². The lowest BCUT2D eigenvalue weighted by Gasteiger charge is -2.37. The molecule has 1 aliphatic rings. The van der Waals surface area contributed by atoms with Gasteiger partial charge in [-0.25, -0.2) is 4.79 Å². The molecule has 26 heavy (non-hydrogen) atoms. The summed E-state index contributed by atoms with van der Waals surface area (Å²) in [7, 11) is 0. The van der Waals surface area contributed by atoms with Crippen LogP contribution in [-0.2, 0) is 11.3 Å². The van der Waals surface area contributed by atoms with Crippen molar-refractivity contribution >= 4 is 28.3 Å². The minimum absolute atomic E-state index is 0.0643. The van der Waals surface area contributed by atoms with E-state index in [0.717, 1.165) is 15.9 Å². The van der Waals surface area contributed by atoms with Crippen molar-refractivity contribution in [2.45, 2.75) is 38.0 Å². The molecule has 4 rings (SSSR count). The van der Waals surface area contributed by atoms with Crippen LogP contribution in [0.4, 0.5) is 0 Å². The van der Waals surface area contributed by atoms with Crippen molar-refractivity contribution in [1.82, 2.24) is 14.9 Å². The number of hydrogen-bond donors (Lipinski definition) is 3. The van der Waals surface area contributed by atoms with Crippen LogP contribution in [0.1, 0.15) is 30.2 Å². The number of aromatic amines is 1. The van der Waals surface area contributed by atoms with Crippen molar-refractivity contribution in [3.63, 3.8) is 0 Å². The number of nitrogens with zero attached hydrogens (tertiary/aromatic N) is 1. The Labute approximate surface area is 154 Å². The van der Waals surface area contributed by atoms with Crippen molar-refractivity contribution in [2.24, 2.45) is 5.92 Å². The maximum Gasteiger partial charge on any atom is 0.326 e. The predicted molar refractivity (Wildman–Crippen MR) is 101 cm³/mol. The molecule has 6 nitrogen and oxygen atoms in total. The van der Waals surface area contributed by atoms with E-state index in [4.69, 9.17) is 0 Å². The molecular formula is C19H21N3O3S. The summed E-state index contributed by atoms with van der Waals surface area (Å²) in [6.07, 6.45) is 1.40. The Morgan fingerprint density at radius 1 is 1.31 bits per heavy atom. The molecule has 3 N–H and O–H groups in total. The largest absolute Gasteiger partial charge is 0.393 e. The number of H-pyrrole nitrogens is 1. The number of hydrogen-bond acceptors (Lipinski definition) is 4. The first-order valence-electron chi connectivity index (χ1n) is 8.80. The van der Waals surface area contributed by atoms with Gasteiger partial charge < -0.3 is 15.4 Å². The van der Waals surface area contributed by atoms with Gasteiger partial charge >= 0.3 is 5.69 Å². The third kappa shape index (κ3) is 3.32. The zero-order valence-electron chi connectivity index (χ0n) is 14.2. The number of para-hydroxylation sites is 2. The number of rotatable bonds is 6. The molecule has 0 spiro atoms. The lowest BCUT2D eigenvalue weighted by molar-refractivity contribution is -0.123. The van der Waals surface area contributed by atoms with E-state index >= 15 is 0 Å². The summed E-state index contributed by atoms with van der Waals surface area (Å²) in [5, 5.41) is 14.7. The van der Waals surface area contributed by atoms with Crippen LogP contribution in [-0.4, -0.2) is 26.7 Å². The highest BCUT2D eigenvalue weighted by molar-refractivity contribution is 7.10. The molecule has 1 saturated carbocycles. The summed E-state index contributed by atoms with van der Waals surface area (Å²) in [5.41, 5.74) is 1.39. The number of benzene rings is 1. The summed E-state index contributed by atoms with van der Waals surface area (Å²) < 4.78 is 1.60. The van der Waals surface area contributed by atoms with Crippen LogP contribution in [0.3, 0.4) is 0 Å². The Bertz CT molecular complexity index is 954. The van der Waals surface area contributed by atoms with Crippen molar-refractivity contribution in [2.75, 3.05) is 0 Å². The first-order chi connectivity index (χ1) is 12.6. The zero-order valence-corrected chi connectivity index (χ0v) is 15.0. The first-order valence-corrected chi connectivity index (χ1v) is 9.68. The lowest BCUT2D eigenvalue weighted by atomic mass is 9.76. The number of aromatic nitrogens is 2. The molecule has 0 radical (unpaired) electrons. The quantitative estimate of drug-likeness (QED) is 0.622. The summed E-state index contributed by atoms with van der Waals surface area (Å²) >= 11 is 1.62. The SMILES string of the molecule is O=C(CCn1c(=O)[nH]c2ccccc21)NC(c1cccs1)C1CC(O)C1. The van der Waals surface area contributed by atoms with Crippen LogP contribution in [0.5, 0.6) is 0 Å². The molecule has 136 valence electrons. The van der Waals surface area contributed by atoms with Crippen LogP contribution < -0.4 is 11.0 Å². The van der Waals surface area contributed by atoms with Gasteiger partial charge in [-0.1, -0.05) is 18.2 Å². The highest BCUT2D eigenvalue weighted by Gasteiger charge is 2.36. The molecule has 1 unspecified atom stereocenters. The van der Waals surface area contributed by atoms with Gasteiger partial charge in [0.1, 0.15) is 0 Å². The maximum atomic E-state index is 12.5. The Kier molecular flexibility index (Phi) is 4.65. The number of aliphatic hydroxyl groups excluding tert-OH is 1. The first kappa shape index (κ1) is 17.1. The minimum Gasteiger partial charge on any atom is -0.393 e. The van der Waals surface area contributed by atoms with E-state index < -0.39 is 0 Å². The fourth-order valence-corrected chi connectivity index (χ4v) is 4.45. The fourth-order valence-electron chi connectivity index (χ4n) is 3.58. The molecule has 1 aromatic carbocycles. The van der Waals surface area contributed by atoms with Crippen LogP contribution in [0, 0.1) is 5.92 Å². The van der Waals surface area contributed by atoms with Crippen LogP contribution in [0.25, 0.3) is 11.0 Å². The van der Waals surface area contributed by atoms with Crippen LogP contribution in [0.15, 0.2) is 46.6 Å². The van der Waals surface area contributed by atoms with Crippen LogP contribution >= 0.6 is 11.3 Å². The van der Waals surface area contributed by atoms with Crippen molar-refractivity contribution in [1.29, 1.82) is 0 Å². The molecule has 7 heteroatoms. The number of carbonyl (C=O) groups is 1. The van der Waals surface area contributed by atoms with E-state index in [9.17, 15) is 14.7 Å². The third-order valence-corrected chi connectivity index (χ3v) is 5.99. The fraction of sp³-hybridized carbons (Fsp3) is 0.368. The van der Waals surface area contributed by atoms with Crippen molar-refractivity contribution < 1.29 is 9.90 Å². The highest BCUT2D eigenvalue weighted by Crippen LogP contribution is 2.39. The van der Waals surface area contributed by atoms with Gasteiger partial charge in [0.25, 0.3) is 0 Å². The molecule has 1 atom stereocenters. The molecule has 1 aliphatic carbocycles. The Morgan fingerprint density at radius 2 is 2.12 bits per heavy atom. The molecule has 1 fully saturated rings. The second-order valence-electron chi connectivity index (χ2n) is 6.79. The third-order valence-electron chi connectivity index (χ3n) is 5.03. The van der Waals surface area contributed by atoms with Crippen LogP contribution in [0.2, 0.25) is 0 Å². The van der Waals surface area contributed by atoms with Gasteiger partial charge in [-0.05, 0) is 42.3 Å². The average Bonchev–Trinajstić information content (AvgIpc) is 3.23. The molecule has 3 aromatic rings. The van der Waals surface area contributed by atoms with E-state index in [1.165, 1.54) is 0 Å². The summed E-state index contributed by atoms with van der Waals surface area (Å²) in [4.78, 5) is 28.5. The van der Waals surface area contributed by atoms with Gasteiger partial charge in [0.2, 0.25) is 5.91 Å². The van der Waals surface area contributed by atoms with E-state index in [1.54, 1.807) is 15.9 Å². The number of fused-ring (bicyclic) bond motifs is 1. The standard InChI is InChI=1S/C19H21N3O3S/c23-13-10-12(11-13)18(16-6-3-9-26-16)21-17(24)7-8-22-15-5-2-1-4-14(15)20-19(22)25/h1-6,9,12-13,18,23H,7-8,10-11H2,(H,20,25)(H,21,24). The number of imidazole rings is 1. The summed E-state index contributed by atoms with van der Waals surface area (Å²) in [6, 6.07) is 11.4. The molecule has 0 bridgehead atoms. The van der Waals surface area contributed by atoms with Gasteiger partial charge in [0.05, 0.1) is 23.2 Å². The maximum absolute atomic E-state index is 12.5. The average molecular weight is 371 g/mol. The van der Waals surface area contributed by atoms with E-state index in [-0.39, 0.29) is 36.1 Å².